The van der Waals surface area contributed by atoms with Crippen LogP contribution in [-0.2, 0) is 0 Å². The van der Waals surface area contributed by atoms with E-state index >= 15 is 0 Å². The molecule has 0 saturated carbocycles. The van der Waals surface area contributed by atoms with Gasteiger partial charge in [-0.05, 0) is 48.6 Å². The number of rotatable bonds is 9. The molecular weight excluding hydrogens is 332 g/mol. The van der Waals surface area contributed by atoms with Crippen molar-refractivity contribution in [3.63, 3.8) is 0 Å². The summed E-state index contributed by atoms with van der Waals surface area (Å²) in [6.07, 6.45) is 7.33. The van der Waals surface area contributed by atoms with Gasteiger partial charge in [-0.2, -0.15) is 0 Å². The fourth-order valence-electron chi connectivity index (χ4n) is 2.51. The van der Waals surface area contributed by atoms with Crippen molar-refractivity contribution in [2.75, 3.05) is 19.0 Å². The van der Waals surface area contributed by atoms with Crippen molar-refractivity contribution in [3.05, 3.63) is 48.8 Å². The van der Waals surface area contributed by atoms with E-state index in [1.165, 1.54) is 17.7 Å². The molecule has 0 spiro atoms. The van der Waals surface area contributed by atoms with Crippen LogP contribution < -0.4 is 4.74 Å². The predicted molar refractivity (Wildman–Crippen MR) is 103 cm³/mol. The van der Waals surface area contributed by atoms with E-state index in [4.69, 9.17) is 14.8 Å². The highest BCUT2D eigenvalue weighted by atomic mass is 32.2. The predicted octanol–water partition coefficient (Wildman–Crippen LogP) is 4.65. The molecule has 0 radical (unpaired) electrons. The Morgan fingerprint density at radius 2 is 1.92 bits per heavy atom. The molecule has 3 aromatic rings. The van der Waals surface area contributed by atoms with Gasteiger partial charge in [-0.3, -0.25) is 0 Å². The second kappa shape index (κ2) is 8.92. The fourth-order valence-corrected chi connectivity index (χ4v) is 3.53. The van der Waals surface area contributed by atoms with Gasteiger partial charge in [-0.25, -0.2) is 4.98 Å². The summed E-state index contributed by atoms with van der Waals surface area (Å²) >= 11 is 1.89. The molecule has 0 unspecified atom stereocenters. The van der Waals surface area contributed by atoms with Crippen LogP contribution in [0.25, 0.3) is 16.9 Å². The Morgan fingerprint density at radius 1 is 1.08 bits per heavy atom. The van der Waals surface area contributed by atoms with Crippen molar-refractivity contribution in [2.24, 2.45) is 0 Å². The van der Waals surface area contributed by atoms with Crippen molar-refractivity contribution in [1.82, 2.24) is 9.38 Å². The van der Waals surface area contributed by atoms with Crippen LogP contribution in [-0.4, -0.2) is 33.5 Å². The van der Waals surface area contributed by atoms with Gasteiger partial charge in [0.25, 0.3) is 0 Å². The third-order valence-corrected chi connectivity index (χ3v) is 4.98. The average molecular weight is 356 g/mol. The van der Waals surface area contributed by atoms with E-state index in [-0.39, 0.29) is 6.61 Å². The normalized spacial score (nSPS) is 11.1. The molecule has 0 amide bonds. The zero-order valence-electron chi connectivity index (χ0n) is 14.5. The minimum atomic E-state index is 0.151. The maximum absolute atomic E-state index is 8.79. The minimum Gasteiger partial charge on any atom is -0.494 e. The summed E-state index contributed by atoms with van der Waals surface area (Å²) in [4.78, 5) is 5.98. The van der Waals surface area contributed by atoms with Gasteiger partial charge in [-0.15, -0.1) is 11.8 Å². The first-order valence-corrected chi connectivity index (χ1v) is 9.74. The first-order chi connectivity index (χ1) is 12.3. The average Bonchev–Trinajstić information content (AvgIpc) is 3.06. The number of hydrogen-bond acceptors (Lipinski definition) is 4. The molecule has 2 aromatic heterocycles. The number of aromatic nitrogens is 2. The second-order valence-electron chi connectivity index (χ2n) is 5.91. The van der Waals surface area contributed by atoms with Crippen LogP contribution in [0.2, 0.25) is 0 Å². The smallest absolute Gasteiger partial charge is 0.137 e. The molecule has 0 aliphatic rings. The summed E-state index contributed by atoms with van der Waals surface area (Å²) < 4.78 is 7.66. The highest BCUT2D eigenvalue weighted by Gasteiger charge is 2.06. The van der Waals surface area contributed by atoms with Gasteiger partial charge >= 0.3 is 0 Å². The molecule has 3 rings (SSSR count). The van der Waals surface area contributed by atoms with E-state index in [0.717, 1.165) is 28.4 Å². The van der Waals surface area contributed by atoms with E-state index in [1.807, 2.05) is 36.0 Å². The third-order valence-electron chi connectivity index (χ3n) is 3.91. The minimum absolute atomic E-state index is 0.151. The number of aliphatic hydroxyl groups excluding tert-OH is 1. The number of unbranched alkanes of at least 4 members (excludes halogenated alkanes) is 1. The quantitative estimate of drug-likeness (QED) is 0.448. The van der Waals surface area contributed by atoms with Gasteiger partial charge in [-0.1, -0.05) is 13.3 Å². The third kappa shape index (κ3) is 4.77. The number of aliphatic hydroxyl groups is 1. The molecule has 0 fully saturated rings. The number of thioether (sulfide) groups is 1. The standard InChI is InChI=1S/C20H24N2O2S/c1-2-3-13-25-18-9-10-20-21-19(15-22(20)14-18)16-5-7-17(8-6-16)24-12-4-11-23/h5-10,14-15,23H,2-4,11-13H2,1H3. The maximum atomic E-state index is 8.79. The molecule has 2 heterocycles. The van der Waals surface area contributed by atoms with Gasteiger partial charge in [0, 0.05) is 35.9 Å². The molecule has 0 atom stereocenters. The number of fused-ring (bicyclic) bond motifs is 1. The van der Waals surface area contributed by atoms with E-state index in [9.17, 15) is 0 Å². The maximum Gasteiger partial charge on any atom is 0.137 e. The monoisotopic (exact) mass is 356 g/mol. The van der Waals surface area contributed by atoms with Crippen molar-refractivity contribution in [3.8, 4) is 17.0 Å². The number of hydrogen-bond donors (Lipinski definition) is 1. The summed E-state index contributed by atoms with van der Waals surface area (Å²) in [6, 6.07) is 12.2. The lowest BCUT2D eigenvalue weighted by atomic mass is 10.2. The first kappa shape index (κ1) is 17.8. The molecule has 4 nitrogen and oxygen atoms in total. The van der Waals surface area contributed by atoms with Crippen LogP contribution in [0.15, 0.2) is 53.7 Å². The zero-order chi connectivity index (χ0) is 17.5. The summed E-state index contributed by atoms with van der Waals surface area (Å²) in [7, 11) is 0. The van der Waals surface area contributed by atoms with Gasteiger partial charge in [0.2, 0.25) is 0 Å². The molecule has 0 bridgehead atoms. The Labute approximate surface area is 152 Å². The molecule has 1 N–H and O–H groups in total. The molecule has 1 aromatic carbocycles. The van der Waals surface area contributed by atoms with E-state index in [2.05, 4.69) is 35.9 Å². The van der Waals surface area contributed by atoms with E-state index in [0.29, 0.717) is 13.0 Å². The zero-order valence-corrected chi connectivity index (χ0v) is 15.3. The van der Waals surface area contributed by atoms with Crippen molar-refractivity contribution < 1.29 is 9.84 Å². The molecule has 0 aliphatic heterocycles. The van der Waals surface area contributed by atoms with Gasteiger partial charge in [0.05, 0.1) is 12.3 Å². The van der Waals surface area contributed by atoms with Crippen molar-refractivity contribution in [2.45, 2.75) is 31.1 Å². The van der Waals surface area contributed by atoms with Gasteiger partial charge in [0.1, 0.15) is 11.4 Å². The molecule has 0 aliphatic carbocycles. The van der Waals surface area contributed by atoms with Crippen LogP contribution in [0, 0.1) is 0 Å². The summed E-state index contributed by atoms with van der Waals surface area (Å²) in [5.41, 5.74) is 2.98. The Morgan fingerprint density at radius 3 is 2.68 bits per heavy atom. The largest absolute Gasteiger partial charge is 0.494 e. The Hall–Kier alpha value is -1.98. The SMILES string of the molecule is CCCCSc1ccc2nc(-c3ccc(OCCCO)cc3)cn2c1. The van der Waals surface area contributed by atoms with E-state index in [1.54, 1.807) is 0 Å². The lowest BCUT2D eigenvalue weighted by Crippen LogP contribution is -1.99. The Balaban J connectivity index is 1.72. The molecular formula is C20H24N2O2S. The van der Waals surface area contributed by atoms with Gasteiger partial charge in [0.15, 0.2) is 0 Å². The van der Waals surface area contributed by atoms with Crippen LogP contribution in [0.4, 0.5) is 0 Å². The van der Waals surface area contributed by atoms with Gasteiger partial charge < -0.3 is 14.2 Å². The number of ether oxygens (including phenoxy) is 1. The molecule has 25 heavy (non-hydrogen) atoms. The first-order valence-electron chi connectivity index (χ1n) is 8.76. The van der Waals surface area contributed by atoms with E-state index < -0.39 is 0 Å². The summed E-state index contributed by atoms with van der Waals surface area (Å²) in [5, 5.41) is 8.79. The lowest BCUT2D eigenvalue weighted by Gasteiger charge is -2.05. The van der Waals surface area contributed by atoms with Crippen LogP contribution in [0.3, 0.4) is 0 Å². The van der Waals surface area contributed by atoms with Crippen LogP contribution in [0.1, 0.15) is 26.2 Å². The van der Waals surface area contributed by atoms with Crippen LogP contribution in [0.5, 0.6) is 5.75 Å². The van der Waals surface area contributed by atoms with Crippen molar-refractivity contribution >= 4 is 17.4 Å². The topological polar surface area (TPSA) is 46.8 Å². The molecule has 132 valence electrons. The highest BCUT2D eigenvalue weighted by molar-refractivity contribution is 7.99. The lowest BCUT2D eigenvalue weighted by molar-refractivity contribution is 0.233. The number of benzene rings is 1. The fraction of sp³-hybridized carbons (Fsp3) is 0.350. The Bertz CT molecular complexity index is 799. The number of imidazole rings is 1. The summed E-state index contributed by atoms with van der Waals surface area (Å²) in [6.45, 7) is 2.90. The number of nitrogens with zero attached hydrogens (tertiary/aromatic N) is 2. The van der Waals surface area contributed by atoms with Crippen LogP contribution >= 0.6 is 11.8 Å². The summed E-state index contributed by atoms with van der Waals surface area (Å²) in [5.74, 6) is 1.97. The molecule has 5 heteroatoms. The van der Waals surface area contributed by atoms with Crippen molar-refractivity contribution in [1.29, 1.82) is 0 Å². The number of pyridine rings is 1. The Kier molecular flexibility index (Phi) is 6.36. The second-order valence-corrected chi connectivity index (χ2v) is 7.08. The highest BCUT2D eigenvalue weighted by Crippen LogP contribution is 2.25. The molecule has 0 saturated heterocycles.